The van der Waals surface area contributed by atoms with Crippen LogP contribution in [0.5, 0.6) is 11.5 Å². The van der Waals surface area contributed by atoms with Gasteiger partial charge in [0.25, 0.3) is 0 Å². The Kier molecular flexibility index (Phi) is 6.99. The lowest BCUT2D eigenvalue weighted by Crippen LogP contribution is -2.40. The molecule has 0 aromatic heterocycles. The van der Waals surface area contributed by atoms with Gasteiger partial charge in [-0.25, -0.2) is 0 Å². The summed E-state index contributed by atoms with van der Waals surface area (Å²) in [5.74, 6) is 1.55. The van der Waals surface area contributed by atoms with Crippen LogP contribution in [0.2, 0.25) is 0 Å². The molecule has 0 aliphatic carbocycles. The second-order valence-electron chi connectivity index (χ2n) is 6.19. The third kappa shape index (κ3) is 5.21. The molecule has 0 spiro atoms. The Morgan fingerprint density at radius 2 is 2.00 bits per heavy atom. The van der Waals surface area contributed by atoms with Crippen molar-refractivity contribution in [3.8, 4) is 11.5 Å². The summed E-state index contributed by atoms with van der Waals surface area (Å²) in [5.41, 5.74) is 1.16. The van der Waals surface area contributed by atoms with Crippen LogP contribution in [0.15, 0.2) is 18.2 Å². The summed E-state index contributed by atoms with van der Waals surface area (Å²) in [6.45, 7) is 9.97. The van der Waals surface area contributed by atoms with E-state index < -0.39 is 0 Å². The van der Waals surface area contributed by atoms with Gasteiger partial charge in [0, 0.05) is 24.8 Å². The number of benzene rings is 1. The smallest absolute Gasteiger partial charge is 0.165 e. The number of rotatable bonds is 8. The Morgan fingerprint density at radius 1 is 1.29 bits per heavy atom. The SMILES string of the molecule is CCOc1cccc(CNC(CCO)C(C)(C)C)c1OC. The van der Waals surface area contributed by atoms with E-state index in [9.17, 15) is 5.11 Å². The number of hydrogen-bond acceptors (Lipinski definition) is 4. The van der Waals surface area contributed by atoms with Crippen molar-refractivity contribution in [2.24, 2.45) is 5.41 Å². The van der Waals surface area contributed by atoms with Crippen molar-refractivity contribution in [3.05, 3.63) is 23.8 Å². The van der Waals surface area contributed by atoms with E-state index in [2.05, 4.69) is 26.1 Å². The molecular formula is C17H29NO3. The Morgan fingerprint density at radius 3 is 2.52 bits per heavy atom. The lowest BCUT2D eigenvalue weighted by Gasteiger charge is -2.31. The zero-order valence-corrected chi connectivity index (χ0v) is 13.9. The molecule has 0 radical (unpaired) electrons. The maximum Gasteiger partial charge on any atom is 0.165 e. The fraction of sp³-hybridized carbons (Fsp3) is 0.647. The van der Waals surface area contributed by atoms with Crippen LogP contribution in [0, 0.1) is 5.41 Å². The van der Waals surface area contributed by atoms with Gasteiger partial charge in [0.15, 0.2) is 11.5 Å². The lowest BCUT2D eigenvalue weighted by molar-refractivity contribution is 0.196. The minimum Gasteiger partial charge on any atom is -0.493 e. The Labute approximate surface area is 128 Å². The summed E-state index contributed by atoms with van der Waals surface area (Å²) in [6, 6.07) is 6.17. The Bertz CT molecular complexity index is 427. The van der Waals surface area contributed by atoms with E-state index in [0.717, 1.165) is 23.5 Å². The van der Waals surface area contributed by atoms with E-state index in [4.69, 9.17) is 9.47 Å². The van der Waals surface area contributed by atoms with E-state index in [1.54, 1.807) is 7.11 Å². The summed E-state index contributed by atoms with van der Waals surface area (Å²) >= 11 is 0. The van der Waals surface area contributed by atoms with Crippen LogP contribution in [0.25, 0.3) is 0 Å². The van der Waals surface area contributed by atoms with Crippen LogP contribution in [0.3, 0.4) is 0 Å². The first-order valence-corrected chi connectivity index (χ1v) is 7.57. The molecule has 0 aliphatic heterocycles. The van der Waals surface area contributed by atoms with Crippen molar-refractivity contribution in [3.63, 3.8) is 0 Å². The van der Waals surface area contributed by atoms with Crippen LogP contribution in [0.1, 0.15) is 39.7 Å². The summed E-state index contributed by atoms with van der Waals surface area (Å²) in [6.07, 6.45) is 0.733. The highest BCUT2D eigenvalue weighted by molar-refractivity contribution is 5.46. The zero-order valence-electron chi connectivity index (χ0n) is 13.9. The fourth-order valence-electron chi connectivity index (χ4n) is 2.40. The first-order chi connectivity index (χ1) is 9.93. The Hall–Kier alpha value is -1.26. The maximum absolute atomic E-state index is 9.23. The summed E-state index contributed by atoms with van der Waals surface area (Å²) in [5, 5.41) is 12.8. The van der Waals surface area contributed by atoms with Crippen LogP contribution >= 0.6 is 0 Å². The highest BCUT2D eigenvalue weighted by Gasteiger charge is 2.24. The van der Waals surface area contributed by atoms with Crippen LogP contribution in [-0.4, -0.2) is 31.5 Å². The molecule has 1 aromatic carbocycles. The molecule has 0 bridgehead atoms. The molecule has 0 saturated heterocycles. The van der Waals surface area contributed by atoms with Gasteiger partial charge in [0.1, 0.15) is 0 Å². The quantitative estimate of drug-likeness (QED) is 0.774. The molecule has 1 atom stereocenters. The number of aliphatic hydroxyl groups is 1. The maximum atomic E-state index is 9.23. The molecule has 4 nitrogen and oxygen atoms in total. The van der Waals surface area contributed by atoms with Crippen LogP contribution in [0.4, 0.5) is 0 Å². The molecule has 1 aromatic rings. The standard InChI is InChI=1S/C17H29NO3/c1-6-21-14-9-7-8-13(16(14)20-5)12-18-15(10-11-19)17(2,3)4/h7-9,15,18-19H,6,10-12H2,1-5H3. The molecule has 120 valence electrons. The van der Waals surface area contributed by atoms with Gasteiger partial charge < -0.3 is 19.9 Å². The molecular weight excluding hydrogens is 266 g/mol. The van der Waals surface area contributed by atoms with Gasteiger partial charge in [0.05, 0.1) is 13.7 Å². The zero-order chi connectivity index (χ0) is 15.9. The first-order valence-electron chi connectivity index (χ1n) is 7.57. The van der Waals surface area contributed by atoms with E-state index in [1.807, 2.05) is 25.1 Å². The van der Waals surface area contributed by atoms with Crippen molar-refractivity contribution in [2.75, 3.05) is 20.3 Å². The summed E-state index contributed by atoms with van der Waals surface area (Å²) in [7, 11) is 1.66. The largest absolute Gasteiger partial charge is 0.493 e. The highest BCUT2D eigenvalue weighted by atomic mass is 16.5. The average Bonchev–Trinajstić information content (AvgIpc) is 2.42. The first kappa shape index (κ1) is 17.8. The van der Waals surface area contributed by atoms with E-state index in [0.29, 0.717) is 13.2 Å². The number of methoxy groups -OCH3 is 1. The predicted octanol–water partition coefficient (Wildman–Crippen LogP) is 2.98. The van der Waals surface area contributed by atoms with Gasteiger partial charge in [-0.15, -0.1) is 0 Å². The normalized spacial score (nSPS) is 13.0. The molecule has 0 heterocycles. The molecule has 1 rings (SSSR count). The molecule has 21 heavy (non-hydrogen) atoms. The molecule has 0 saturated carbocycles. The lowest BCUT2D eigenvalue weighted by atomic mass is 9.85. The molecule has 4 heteroatoms. The number of para-hydroxylation sites is 1. The third-order valence-electron chi connectivity index (χ3n) is 3.57. The van der Waals surface area contributed by atoms with Gasteiger partial charge in [-0.1, -0.05) is 32.9 Å². The second kappa shape index (κ2) is 8.25. The number of hydrogen-bond donors (Lipinski definition) is 2. The molecule has 1 unspecified atom stereocenters. The van der Waals surface area contributed by atoms with Crippen LogP contribution < -0.4 is 14.8 Å². The summed E-state index contributed by atoms with van der Waals surface area (Å²) in [4.78, 5) is 0. The van der Waals surface area contributed by atoms with Gasteiger partial charge in [0.2, 0.25) is 0 Å². The number of nitrogens with one attached hydrogen (secondary N) is 1. The molecule has 2 N–H and O–H groups in total. The minimum absolute atomic E-state index is 0.0908. The van der Waals surface area contributed by atoms with Crippen molar-refractivity contribution < 1.29 is 14.6 Å². The van der Waals surface area contributed by atoms with Crippen molar-refractivity contribution in [1.29, 1.82) is 0 Å². The van der Waals surface area contributed by atoms with Crippen molar-refractivity contribution >= 4 is 0 Å². The highest BCUT2D eigenvalue weighted by Crippen LogP contribution is 2.31. The monoisotopic (exact) mass is 295 g/mol. The Balaban J connectivity index is 2.84. The molecule has 0 amide bonds. The summed E-state index contributed by atoms with van der Waals surface area (Å²) < 4.78 is 11.1. The minimum atomic E-state index is 0.0908. The van der Waals surface area contributed by atoms with Gasteiger partial charge in [-0.05, 0) is 24.8 Å². The van der Waals surface area contributed by atoms with Gasteiger partial charge >= 0.3 is 0 Å². The van der Waals surface area contributed by atoms with E-state index in [-0.39, 0.29) is 18.1 Å². The van der Waals surface area contributed by atoms with Gasteiger partial charge in [-0.3, -0.25) is 0 Å². The number of aliphatic hydroxyl groups excluding tert-OH is 1. The third-order valence-corrected chi connectivity index (χ3v) is 3.57. The topological polar surface area (TPSA) is 50.7 Å². The van der Waals surface area contributed by atoms with E-state index in [1.165, 1.54) is 0 Å². The van der Waals surface area contributed by atoms with Crippen molar-refractivity contribution in [2.45, 2.75) is 46.7 Å². The van der Waals surface area contributed by atoms with E-state index >= 15 is 0 Å². The molecule has 0 fully saturated rings. The molecule has 0 aliphatic rings. The van der Waals surface area contributed by atoms with Crippen molar-refractivity contribution in [1.82, 2.24) is 5.32 Å². The van der Waals surface area contributed by atoms with Gasteiger partial charge in [-0.2, -0.15) is 0 Å². The second-order valence-corrected chi connectivity index (χ2v) is 6.19. The number of ether oxygens (including phenoxy) is 2. The fourth-order valence-corrected chi connectivity index (χ4v) is 2.40. The van der Waals surface area contributed by atoms with Crippen LogP contribution in [-0.2, 0) is 6.54 Å². The average molecular weight is 295 g/mol. The predicted molar refractivity (Wildman–Crippen MR) is 85.9 cm³/mol.